The number of thioether (sulfide) groups is 1. The number of hydrogen-bond donors (Lipinski definition) is 0. The van der Waals surface area contributed by atoms with Crippen LogP contribution in [0.25, 0.3) is 11.1 Å². The molecule has 1 amide bonds. The number of carbonyl (C=O) groups excluding carboxylic acids is 1. The number of methoxy groups -OCH3 is 3. The topological polar surface area (TPSA) is 65.1 Å². The minimum Gasteiger partial charge on any atom is -0.493 e. The molecule has 0 bridgehead atoms. The highest BCUT2D eigenvalue weighted by molar-refractivity contribution is 7.98. The SMILES string of the molecule is COc1cc2c(c(OC)c1OC)-c1ccc(SC)c(=O)cc1[C@@H](N(C)C(=O)CCCCl)CC2. The van der Waals surface area contributed by atoms with Crippen molar-refractivity contribution in [3.8, 4) is 28.4 Å². The fourth-order valence-corrected chi connectivity index (χ4v) is 5.01. The first-order valence-electron chi connectivity index (χ1n) is 10.8. The molecule has 1 atom stereocenters. The zero-order valence-electron chi connectivity index (χ0n) is 19.7. The molecule has 0 saturated carbocycles. The highest BCUT2D eigenvalue weighted by Gasteiger charge is 2.31. The van der Waals surface area contributed by atoms with Crippen LogP contribution >= 0.6 is 23.4 Å². The zero-order valence-corrected chi connectivity index (χ0v) is 21.3. The van der Waals surface area contributed by atoms with E-state index in [0.29, 0.717) is 53.7 Å². The van der Waals surface area contributed by atoms with Gasteiger partial charge < -0.3 is 19.1 Å². The van der Waals surface area contributed by atoms with Crippen LogP contribution in [0.4, 0.5) is 0 Å². The molecule has 2 aromatic carbocycles. The van der Waals surface area contributed by atoms with E-state index in [9.17, 15) is 9.59 Å². The lowest BCUT2D eigenvalue weighted by Crippen LogP contribution is -2.31. The molecule has 1 aliphatic carbocycles. The molecule has 1 aliphatic rings. The lowest BCUT2D eigenvalue weighted by Gasteiger charge is -2.28. The molecule has 0 N–H and O–H groups in total. The Hall–Kier alpha value is -2.38. The van der Waals surface area contributed by atoms with E-state index < -0.39 is 0 Å². The van der Waals surface area contributed by atoms with E-state index in [1.807, 2.05) is 24.5 Å². The van der Waals surface area contributed by atoms with Crippen molar-refractivity contribution < 1.29 is 19.0 Å². The Labute approximate surface area is 204 Å². The summed E-state index contributed by atoms with van der Waals surface area (Å²) in [5, 5.41) is 0. The second-order valence-corrected chi connectivity index (χ2v) is 9.04. The van der Waals surface area contributed by atoms with Crippen molar-refractivity contribution in [2.24, 2.45) is 0 Å². The van der Waals surface area contributed by atoms with Crippen molar-refractivity contribution in [3.63, 3.8) is 0 Å². The van der Waals surface area contributed by atoms with Gasteiger partial charge in [-0.25, -0.2) is 0 Å². The van der Waals surface area contributed by atoms with Crippen molar-refractivity contribution in [1.29, 1.82) is 0 Å². The molecule has 0 fully saturated rings. The number of amides is 1. The summed E-state index contributed by atoms with van der Waals surface area (Å²) in [4.78, 5) is 28.3. The van der Waals surface area contributed by atoms with E-state index >= 15 is 0 Å². The lowest BCUT2D eigenvalue weighted by molar-refractivity contribution is -0.132. The molecule has 0 heterocycles. The van der Waals surface area contributed by atoms with Gasteiger partial charge in [-0.1, -0.05) is 6.07 Å². The molecule has 2 aromatic rings. The van der Waals surface area contributed by atoms with Crippen molar-refractivity contribution in [2.45, 2.75) is 36.6 Å². The van der Waals surface area contributed by atoms with Crippen LogP contribution in [0, 0.1) is 0 Å². The maximum Gasteiger partial charge on any atom is 0.222 e. The first kappa shape index (κ1) is 25.2. The van der Waals surface area contributed by atoms with E-state index in [-0.39, 0.29) is 17.4 Å². The largest absolute Gasteiger partial charge is 0.493 e. The molecule has 0 saturated heterocycles. The monoisotopic (exact) mass is 491 g/mol. The molecule has 178 valence electrons. The van der Waals surface area contributed by atoms with Crippen LogP contribution in [0.3, 0.4) is 0 Å². The van der Waals surface area contributed by atoms with Gasteiger partial charge in [0, 0.05) is 24.9 Å². The van der Waals surface area contributed by atoms with E-state index in [1.54, 1.807) is 39.3 Å². The first-order chi connectivity index (χ1) is 15.9. The van der Waals surface area contributed by atoms with Crippen LogP contribution in [0.5, 0.6) is 17.2 Å². The van der Waals surface area contributed by atoms with Crippen LogP contribution < -0.4 is 19.6 Å². The number of nitrogens with zero attached hydrogens (tertiary/aromatic N) is 1. The van der Waals surface area contributed by atoms with E-state index in [1.165, 1.54) is 11.8 Å². The van der Waals surface area contributed by atoms with Crippen LogP contribution in [0.15, 0.2) is 34.0 Å². The summed E-state index contributed by atoms with van der Waals surface area (Å²) in [6.07, 6.45) is 4.18. The molecule has 0 spiro atoms. The molecule has 0 unspecified atom stereocenters. The van der Waals surface area contributed by atoms with Crippen molar-refractivity contribution in [2.75, 3.05) is 40.5 Å². The number of hydrogen-bond acceptors (Lipinski definition) is 6. The predicted molar refractivity (Wildman–Crippen MR) is 133 cm³/mol. The summed E-state index contributed by atoms with van der Waals surface area (Å²) in [7, 11) is 6.56. The molecule has 8 heteroatoms. The van der Waals surface area contributed by atoms with E-state index in [2.05, 4.69) is 0 Å². The van der Waals surface area contributed by atoms with Gasteiger partial charge in [-0.3, -0.25) is 9.59 Å². The Balaban J connectivity index is 2.33. The fraction of sp³-hybridized carbons (Fsp3) is 0.440. The van der Waals surface area contributed by atoms with Crippen molar-refractivity contribution >= 4 is 29.3 Å². The highest BCUT2D eigenvalue weighted by atomic mass is 35.5. The third kappa shape index (κ3) is 4.94. The van der Waals surface area contributed by atoms with Gasteiger partial charge in [-0.2, -0.15) is 0 Å². The van der Waals surface area contributed by atoms with Gasteiger partial charge in [-0.15, -0.1) is 23.4 Å². The van der Waals surface area contributed by atoms with E-state index in [4.69, 9.17) is 25.8 Å². The average Bonchev–Trinajstić information content (AvgIpc) is 3.08. The van der Waals surface area contributed by atoms with Gasteiger partial charge in [0.2, 0.25) is 11.7 Å². The number of ether oxygens (including phenoxy) is 3. The maximum absolute atomic E-state index is 13.0. The Bertz CT molecular complexity index is 1090. The third-order valence-corrected chi connectivity index (χ3v) is 7.12. The summed E-state index contributed by atoms with van der Waals surface area (Å²) < 4.78 is 17.0. The first-order valence-corrected chi connectivity index (χ1v) is 12.5. The number of alkyl halides is 1. The minimum atomic E-state index is -0.272. The van der Waals surface area contributed by atoms with Crippen LogP contribution in [0.1, 0.15) is 36.4 Å². The summed E-state index contributed by atoms with van der Waals surface area (Å²) in [5.74, 6) is 2.06. The lowest BCUT2D eigenvalue weighted by atomic mass is 9.95. The molecule has 0 radical (unpaired) electrons. The second kappa shape index (κ2) is 11.2. The smallest absolute Gasteiger partial charge is 0.222 e. The molecule has 0 aromatic heterocycles. The molecule has 33 heavy (non-hydrogen) atoms. The third-order valence-electron chi connectivity index (χ3n) is 6.07. The highest BCUT2D eigenvalue weighted by Crippen LogP contribution is 2.50. The van der Waals surface area contributed by atoms with Crippen molar-refractivity contribution in [1.82, 2.24) is 4.90 Å². The molecule has 0 aliphatic heterocycles. The van der Waals surface area contributed by atoms with Gasteiger partial charge in [0.1, 0.15) is 0 Å². The number of benzene rings is 1. The number of fused-ring (bicyclic) bond motifs is 3. The van der Waals surface area contributed by atoms with E-state index in [0.717, 1.165) is 22.3 Å². The summed E-state index contributed by atoms with van der Waals surface area (Å²) in [6, 6.07) is 7.14. The summed E-state index contributed by atoms with van der Waals surface area (Å²) >= 11 is 7.22. The maximum atomic E-state index is 13.0. The quantitative estimate of drug-likeness (QED) is 0.385. The molecule has 3 rings (SSSR count). The average molecular weight is 492 g/mol. The number of carbonyl (C=O) groups is 1. The van der Waals surface area contributed by atoms with Gasteiger partial charge in [0.25, 0.3) is 0 Å². The van der Waals surface area contributed by atoms with Crippen LogP contribution in [-0.4, -0.2) is 51.3 Å². The Morgan fingerprint density at radius 3 is 2.48 bits per heavy atom. The molecular formula is C25H30ClNO5S. The second-order valence-electron chi connectivity index (χ2n) is 7.81. The number of aryl methyl sites for hydroxylation is 1. The normalized spacial score (nSPS) is 14.5. The van der Waals surface area contributed by atoms with Crippen LogP contribution in [0.2, 0.25) is 0 Å². The Morgan fingerprint density at radius 1 is 1.15 bits per heavy atom. The zero-order chi connectivity index (χ0) is 24.1. The summed E-state index contributed by atoms with van der Waals surface area (Å²) in [5.41, 5.74) is 3.44. The van der Waals surface area contributed by atoms with Gasteiger partial charge in [-0.05, 0) is 60.4 Å². The predicted octanol–water partition coefficient (Wildman–Crippen LogP) is 4.93. The number of rotatable bonds is 8. The Morgan fingerprint density at radius 2 is 1.88 bits per heavy atom. The molecule has 6 nitrogen and oxygen atoms in total. The summed E-state index contributed by atoms with van der Waals surface area (Å²) in [6.45, 7) is 0. The number of halogens is 1. The standard InChI is InChI=1S/C25H30ClNO5S/c1-27(22(29)7-6-12-26)18-10-8-15-13-20(30-2)24(31-3)25(32-4)23(15)16-9-11-21(33-5)19(28)14-17(16)18/h9,11,13-14,18H,6-8,10,12H2,1-5H3/t18-/m0/s1. The Kier molecular flexibility index (Phi) is 8.54. The van der Waals surface area contributed by atoms with Crippen molar-refractivity contribution in [3.05, 3.63) is 45.6 Å². The molecular weight excluding hydrogens is 462 g/mol. The fourth-order valence-electron chi connectivity index (χ4n) is 4.42. The van der Waals surface area contributed by atoms with Crippen LogP contribution in [-0.2, 0) is 11.2 Å². The minimum absolute atomic E-state index is 0.00345. The van der Waals surface area contributed by atoms with Gasteiger partial charge >= 0.3 is 0 Å². The van der Waals surface area contributed by atoms with Gasteiger partial charge in [0.15, 0.2) is 16.9 Å². The van der Waals surface area contributed by atoms with Gasteiger partial charge in [0.05, 0.1) is 32.3 Å².